The first-order valence-electron chi connectivity index (χ1n) is 7.48. The largest absolute Gasteiger partial charge is 0.484 e. The van der Waals surface area contributed by atoms with Crippen molar-refractivity contribution in [1.29, 1.82) is 0 Å². The van der Waals surface area contributed by atoms with Crippen molar-refractivity contribution < 1.29 is 9.47 Å². The number of hydrogen-bond acceptors (Lipinski definition) is 5. The lowest BCUT2D eigenvalue weighted by Crippen LogP contribution is -2.40. The lowest BCUT2D eigenvalue weighted by molar-refractivity contribution is 0.129. The topological polar surface area (TPSA) is 60.6 Å². The maximum Gasteiger partial charge on any atom is 0.257 e. The molecule has 0 saturated carbocycles. The van der Waals surface area contributed by atoms with Crippen LogP contribution >= 0.6 is 0 Å². The van der Waals surface area contributed by atoms with Gasteiger partial charge in [0.15, 0.2) is 5.75 Å². The normalized spacial score (nSPS) is 24.4. The number of nitrogens with zero attached hydrogens (tertiary/aromatic N) is 2. The molecule has 1 aromatic rings. The van der Waals surface area contributed by atoms with E-state index in [9.17, 15) is 0 Å². The molecule has 0 bridgehead atoms. The number of ether oxygens (including phenoxy) is 2. The average molecular weight is 277 g/mol. The summed E-state index contributed by atoms with van der Waals surface area (Å²) in [6, 6.07) is 4.31. The van der Waals surface area contributed by atoms with Gasteiger partial charge in [0, 0.05) is 12.6 Å². The molecule has 0 aliphatic carbocycles. The molecular formula is C15H23N3O2. The number of nitrogens with two attached hydrogens (primary N) is 1. The summed E-state index contributed by atoms with van der Waals surface area (Å²) in [5, 5.41) is 0. The molecule has 0 amide bonds. The van der Waals surface area contributed by atoms with Crippen LogP contribution in [-0.4, -0.2) is 42.7 Å². The second kappa shape index (κ2) is 5.97. The molecule has 5 nitrogen and oxygen atoms in total. The Kier molecular flexibility index (Phi) is 4.08. The predicted octanol–water partition coefficient (Wildman–Crippen LogP) is 1.58. The summed E-state index contributed by atoms with van der Waals surface area (Å²) in [5.74, 6) is 2.00. The first kappa shape index (κ1) is 13.6. The molecule has 3 heterocycles. The number of pyridine rings is 1. The quantitative estimate of drug-likeness (QED) is 0.909. The van der Waals surface area contributed by atoms with E-state index in [4.69, 9.17) is 15.2 Å². The Labute approximate surface area is 120 Å². The van der Waals surface area contributed by atoms with Gasteiger partial charge in [-0.3, -0.25) is 4.90 Å². The van der Waals surface area contributed by atoms with Crippen molar-refractivity contribution in [3.63, 3.8) is 0 Å². The van der Waals surface area contributed by atoms with E-state index in [-0.39, 0.29) is 0 Å². The lowest BCUT2D eigenvalue weighted by Gasteiger charge is -2.36. The van der Waals surface area contributed by atoms with E-state index in [1.54, 1.807) is 0 Å². The Morgan fingerprint density at radius 1 is 1.40 bits per heavy atom. The molecule has 0 radical (unpaired) electrons. The molecule has 20 heavy (non-hydrogen) atoms. The van der Waals surface area contributed by atoms with Crippen molar-refractivity contribution in [2.45, 2.75) is 25.8 Å². The second-order valence-electron chi connectivity index (χ2n) is 5.65. The van der Waals surface area contributed by atoms with Gasteiger partial charge in [-0.1, -0.05) is 0 Å². The van der Waals surface area contributed by atoms with Crippen LogP contribution in [-0.2, 0) is 0 Å². The number of piperidine rings is 1. The third-order valence-electron chi connectivity index (χ3n) is 4.29. The Hall–Kier alpha value is -1.33. The van der Waals surface area contributed by atoms with Gasteiger partial charge in [-0.25, -0.2) is 4.98 Å². The Bertz CT molecular complexity index is 466. The van der Waals surface area contributed by atoms with Crippen LogP contribution in [0, 0.1) is 5.92 Å². The van der Waals surface area contributed by atoms with E-state index in [1.165, 1.54) is 12.8 Å². The maximum absolute atomic E-state index is 5.82. The molecule has 0 aromatic carbocycles. The highest BCUT2D eigenvalue weighted by molar-refractivity contribution is 5.36. The Morgan fingerprint density at radius 3 is 3.10 bits per heavy atom. The summed E-state index contributed by atoms with van der Waals surface area (Å²) in [5.41, 5.74) is 6.86. The van der Waals surface area contributed by atoms with E-state index < -0.39 is 0 Å². The minimum Gasteiger partial charge on any atom is -0.484 e. The summed E-state index contributed by atoms with van der Waals surface area (Å²) < 4.78 is 11.1. The average Bonchev–Trinajstić information content (AvgIpc) is 2.53. The number of likely N-dealkylation sites (tertiary alicyclic amines) is 1. The van der Waals surface area contributed by atoms with Crippen LogP contribution in [0.25, 0.3) is 0 Å². The van der Waals surface area contributed by atoms with E-state index >= 15 is 0 Å². The summed E-state index contributed by atoms with van der Waals surface area (Å²) in [7, 11) is 0. The fourth-order valence-corrected chi connectivity index (χ4v) is 3.01. The SMILES string of the molecule is CC(c1ccc2c(n1)OCCO2)N1CCCC(CN)C1. The molecule has 0 spiro atoms. The zero-order valence-corrected chi connectivity index (χ0v) is 12.0. The molecule has 2 aliphatic heterocycles. The van der Waals surface area contributed by atoms with Gasteiger partial charge in [-0.15, -0.1) is 0 Å². The first-order valence-corrected chi connectivity index (χ1v) is 7.48. The highest BCUT2D eigenvalue weighted by Crippen LogP contribution is 2.32. The number of hydrogen-bond donors (Lipinski definition) is 1. The maximum atomic E-state index is 5.82. The van der Waals surface area contributed by atoms with Crippen LogP contribution in [0.15, 0.2) is 12.1 Å². The molecule has 2 N–H and O–H groups in total. The van der Waals surface area contributed by atoms with Crippen LogP contribution in [0.4, 0.5) is 0 Å². The summed E-state index contributed by atoms with van der Waals surface area (Å²) >= 11 is 0. The summed E-state index contributed by atoms with van der Waals surface area (Å²) in [6.07, 6.45) is 2.46. The molecule has 3 rings (SSSR count). The van der Waals surface area contributed by atoms with E-state index in [0.29, 0.717) is 31.1 Å². The van der Waals surface area contributed by atoms with Gasteiger partial charge in [0.25, 0.3) is 5.88 Å². The molecule has 2 atom stereocenters. The van der Waals surface area contributed by atoms with E-state index in [2.05, 4.69) is 16.8 Å². The van der Waals surface area contributed by atoms with Crippen LogP contribution in [0.1, 0.15) is 31.5 Å². The third kappa shape index (κ3) is 2.74. The second-order valence-corrected chi connectivity index (χ2v) is 5.65. The number of fused-ring (bicyclic) bond motifs is 1. The van der Waals surface area contributed by atoms with Gasteiger partial charge >= 0.3 is 0 Å². The molecule has 2 aliphatic rings. The van der Waals surface area contributed by atoms with Crippen LogP contribution in [0.2, 0.25) is 0 Å². The molecule has 1 saturated heterocycles. The Morgan fingerprint density at radius 2 is 2.25 bits per heavy atom. The van der Waals surface area contributed by atoms with Crippen molar-refractivity contribution in [3.8, 4) is 11.6 Å². The fraction of sp³-hybridized carbons (Fsp3) is 0.667. The van der Waals surface area contributed by atoms with E-state index in [1.807, 2.05) is 12.1 Å². The summed E-state index contributed by atoms with van der Waals surface area (Å²) in [4.78, 5) is 7.09. The number of aromatic nitrogens is 1. The van der Waals surface area contributed by atoms with Gasteiger partial charge in [0.05, 0.1) is 5.69 Å². The van der Waals surface area contributed by atoms with Crippen molar-refractivity contribution >= 4 is 0 Å². The predicted molar refractivity (Wildman–Crippen MR) is 77.0 cm³/mol. The first-order chi connectivity index (χ1) is 9.78. The lowest BCUT2D eigenvalue weighted by atomic mass is 9.96. The smallest absolute Gasteiger partial charge is 0.257 e. The Balaban J connectivity index is 1.74. The zero-order valence-electron chi connectivity index (χ0n) is 12.0. The van der Waals surface area contributed by atoms with Crippen molar-refractivity contribution in [2.24, 2.45) is 11.7 Å². The van der Waals surface area contributed by atoms with Crippen LogP contribution in [0.3, 0.4) is 0 Å². The third-order valence-corrected chi connectivity index (χ3v) is 4.29. The molecule has 1 fully saturated rings. The number of rotatable bonds is 3. The highest BCUT2D eigenvalue weighted by atomic mass is 16.6. The molecule has 2 unspecified atom stereocenters. The molecule has 1 aromatic heterocycles. The van der Waals surface area contributed by atoms with Crippen LogP contribution < -0.4 is 15.2 Å². The van der Waals surface area contributed by atoms with Gasteiger partial charge in [-0.2, -0.15) is 0 Å². The van der Waals surface area contributed by atoms with Crippen molar-refractivity contribution in [3.05, 3.63) is 17.8 Å². The standard InChI is InChI=1S/C15H23N3O2/c1-11(18-6-2-3-12(9-16)10-18)13-4-5-14-15(17-13)20-8-7-19-14/h4-5,11-12H,2-3,6-10,16H2,1H3. The van der Waals surface area contributed by atoms with Crippen LogP contribution in [0.5, 0.6) is 11.6 Å². The molecule has 5 heteroatoms. The fourth-order valence-electron chi connectivity index (χ4n) is 3.01. The molecule has 110 valence electrons. The molecular weight excluding hydrogens is 254 g/mol. The summed E-state index contributed by atoms with van der Waals surface area (Å²) in [6.45, 7) is 6.35. The highest BCUT2D eigenvalue weighted by Gasteiger charge is 2.25. The monoisotopic (exact) mass is 277 g/mol. The minimum absolute atomic E-state index is 0.292. The minimum atomic E-state index is 0.292. The van der Waals surface area contributed by atoms with Crippen molar-refractivity contribution in [2.75, 3.05) is 32.8 Å². The van der Waals surface area contributed by atoms with E-state index in [0.717, 1.165) is 31.1 Å². The van der Waals surface area contributed by atoms with Gasteiger partial charge < -0.3 is 15.2 Å². The van der Waals surface area contributed by atoms with Gasteiger partial charge in [0.2, 0.25) is 0 Å². The van der Waals surface area contributed by atoms with Gasteiger partial charge in [0.1, 0.15) is 13.2 Å². The van der Waals surface area contributed by atoms with Crippen molar-refractivity contribution in [1.82, 2.24) is 9.88 Å². The zero-order chi connectivity index (χ0) is 13.9. The van der Waals surface area contributed by atoms with Gasteiger partial charge in [-0.05, 0) is 50.9 Å².